The Bertz CT molecular complexity index is 1130. The van der Waals surface area contributed by atoms with E-state index in [0.717, 1.165) is 34.2 Å². The van der Waals surface area contributed by atoms with Crippen LogP contribution in [0.2, 0.25) is 0 Å². The zero-order valence-electron chi connectivity index (χ0n) is 16.8. The van der Waals surface area contributed by atoms with Gasteiger partial charge in [0.2, 0.25) is 0 Å². The molecular weight excluding hydrogens is 422 g/mol. The number of benzene rings is 2. The fourth-order valence-electron chi connectivity index (χ4n) is 3.49. The number of rotatable bonds is 4. The highest BCUT2D eigenvalue weighted by Crippen LogP contribution is 2.40. The van der Waals surface area contributed by atoms with E-state index in [-0.39, 0.29) is 5.91 Å². The standard InChI is InChI=1S/C23H20F2N2O3S/c1-14-19(23(29)27-9-11-30-12-10-27)22(31-20(14)15-5-3-2-4-6-15)26-21(28)17-13-16(24)7-8-18(17)25/h2-8,13H,9-12H2,1H3,(H,26,28). The predicted octanol–water partition coefficient (Wildman–Crippen LogP) is 4.73. The van der Waals surface area contributed by atoms with Gasteiger partial charge in [-0.3, -0.25) is 9.59 Å². The highest BCUT2D eigenvalue weighted by molar-refractivity contribution is 7.20. The number of carbonyl (C=O) groups is 2. The molecule has 3 aromatic rings. The second kappa shape index (κ2) is 8.95. The number of hydrogen-bond donors (Lipinski definition) is 1. The lowest BCUT2D eigenvalue weighted by Crippen LogP contribution is -2.41. The number of hydrogen-bond acceptors (Lipinski definition) is 4. The van der Waals surface area contributed by atoms with Crippen molar-refractivity contribution in [1.82, 2.24) is 4.90 Å². The van der Waals surface area contributed by atoms with Crippen LogP contribution in [-0.2, 0) is 4.74 Å². The van der Waals surface area contributed by atoms with Crippen molar-refractivity contribution in [2.24, 2.45) is 0 Å². The molecule has 2 aromatic carbocycles. The number of anilines is 1. The molecule has 0 unspecified atom stereocenters. The summed E-state index contributed by atoms with van der Waals surface area (Å²) in [5.74, 6) is -2.59. The molecule has 0 atom stereocenters. The Balaban J connectivity index is 1.75. The normalized spacial score (nSPS) is 13.8. The van der Waals surface area contributed by atoms with Gasteiger partial charge in [0.05, 0.1) is 24.3 Å². The van der Waals surface area contributed by atoms with E-state index in [4.69, 9.17) is 4.74 Å². The van der Waals surface area contributed by atoms with Gasteiger partial charge in [-0.05, 0) is 36.2 Å². The summed E-state index contributed by atoms with van der Waals surface area (Å²) in [4.78, 5) is 28.6. The lowest BCUT2D eigenvalue weighted by atomic mass is 10.1. The van der Waals surface area contributed by atoms with Crippen LogP contribution in [0.5, 0.6) is 0 Å². The Morgan fingerprint density at radius 1 is 1.06 bits per heavy atom. The Kier molecular flexibility index (Phi) is 6.11. The summed E-state index contributed by atoms with van der Waals surface area (Å²) < 4.78 is 33.0. The van der Waals surface area contributed by atoms with Gasteiger partial charge >= 0.3 is 0 Å². The third kappa shape index (κ3) is 4.35. The molecule has 0 bridgehead atoms. The van der Waals surface area contributed by atoms with Crippen molar-refractivity contribution >= 4 is 28.2 Å². The first-order valence-corrected chi connectivity index (χ1v) is 10.6. The zero-order chi connectivity index (χ0) is 22.0. The van der Waals surface area contributed by atoms with E-state index in [9.17, 15) is 18.4 Å². The summed E-state index contributed by atoms with van der Waals surface area (Å²) in [6.07, 6.45) is 0. The molecule has 5 nitrogen and oxygen atoms in total. The van der Waals surface area contributed by atoms with Crippen molar-refractivity contribution < 1.29 is 23.1 Å². The summed E-state index contributed by atoms with van der Waals surface area (Å²) in [6, 6.07) is 12.2. The molecule has 1 aliphatic heterocycles. The Hall–Kier alpha value is -3.10. The van der Waals surface area contributed by atoms with Gasteiger partial charge < -0.3 is 15.0 Å². The third-order valence-corrected chi connectivity index (χ3v) is 6.35. The van der Waals surface area contributed by atoms with Crippen LogP contribution in [0.3, 0.4) is 0 Å². The average molecular weight is 442 g/mol. The number of thiophene rings is 1. The molecule has 1 saturated heterocycles. The summed E-state index contributed by atoms with van der Waals surface area (Å²) in [7, 11) is 0. The van der Waals surface area contributed by atoms with E-state index < -0.39 is 23.1 Å². The van der Waals surface area contributed by atoms with Crippen molar-refractivity contribution in [2.45, 2.75) is 6.92 Å². The fourth-order valence-corrected chi connectivity index (χ4v) is 4.69. The highest BCUT2D eigenvalue weighted by Gasteiger charge is 2.28. The van der Waals surface area contributed by atoms with Crippen LogP contribution in [-0.4, -0.2) is 43.0 Å². The third-order valence-electron chi connectivity index (χ3n) is 5.10. The molecule has 1 N–H and O–H groups in total. The van der Waals surface area contributed by atoms with E-state index in [1.165, 1.54) is 11.3 Å². The van der Waals surface area contributed by atoms with Gasteiger partial charge in [-0.2, -0.15) is 0 Å². The minimum atomic E-state index is -0.837. The largest absolute Gasteiger partial charge is 0.378 e. The van der Waals surface area contributed by atoms with Crippen molar-refractivity contribution in [3.63, 3.8) is 0 Å². The first-order chi connectivity index (χ1) is 15.0. The maximum Gasteiger partial charge on any atom is 0.259 e. The fraction of sp³-hybridized carbons (Fsp3) is 0.217. The van der Waals surface area contributed by atoms with Gasteiger partial charge in [0.25, 0.3) is 11.8 Å². The number of carbonyl (C=O) groups excluding carboxylic acids is 2. The van der Waals surface area contributed by atoms with Crippen molar-refractivity contribution in [3.8, 4) is 10.4 Å². The molecule has 1 aromatic heterocycles. The highest BCUT2D eigenvalue weighted by atomic mass is 32.1. The van der Waals surface area contributed by atoms with E-state index in [0.29, 0.717) is 36.9 Å². The van der Waals surface area contributed by atoms with Crippen molar-refractivity contribution in [1.29, 1.82) is 0 Å². The lowest BCUT2D eigenvalue weighted by Gasteiger charge is -2.27. The number of ether oxygens (including phenoxy) is 1. The van der Waals surface area contributed by atoms with E-state index in [2.05, 4.69) is 5.32 Å². The molecule has 1 fully saturated rings. The first kappa shape index (κ1) is 21.1. The van der Waals surface area contributed by atoms with E-state index in [1.807, 2.05) is 37.3 Å². The number of morpholine rings is 1. The summed E-state index contributed by atoms with van der Waals surface area (Å²) in [6.45, 7) is 3.60. The number of nitrogens with zero attached hydrogens (tertiary/aromatic N) is 1. The van der Waals surface area contributed by atoms with Crippen molar-refractivity contribution in [2.75, 3.05) is 31.6 Å². The van der Waals surface area contributed by atoms with Gasteiger partial charge in [-0.25, -0.2) is 8.78 Å². The molecule has 0 radical (unpaired) electrons. The number of amides is 2. The maximum absolute atomic E-state index is 14.1. The molecule has 160 valence electrons. The monoisotopic (exact) mass is 442 g/mol. The van der Waals surface area contributed by atoms with Crippen LogP contribution in [0.15, 0.2) is 48.5 Å². The molecule has 2 heterocycles. The SMILES string of the molecule is Cc1c(-c2ccccc2)sc(NC(=O)c2cc(F)ccc2F)c1C(=O)N1CCOCC1. The summed E-state index contributed by atoms with van der Waals surface area (Å²) in [5, 5.41) is 2.95. The second-order valence-electron chi connectivity index (χ2n) is 7.11. The quantitative estimate of drug-likeness (QED) is 0.636. The molecule has 4 rings (SSSR count). The predicted molar refractivity (Wildman–Crippen MR) is 116 cm³/mol. The summed E-state index contributed by atoms with van der Waals surface area (Å²) >= 11 is 1.24. The van der Waals surface area contributed by atoms with Crippen LogP contribution in [0.4, 0.5) is 13.8 Å². The van der Waals surface area contributed by atoms with Gasteiger partial charge in [0.1, 0.15) is 16.6 Å². The lowest BCUT2D eigenvalue weighted by molar-refractivity contribution is 0.0303. The van der Waals surface area contributed by atoms with E-state index >= 15 is 0 Å². The van der Waals surface area contributed by atoms with Crippen molar-refractivity contribution in [3.05, 3.63) is 76.9 Å². The Labute approximate surface area is 182 Å². The molecule has 0 saturated carbocycles. The first-order valence-electron chi connectivity index (χ1n) is 9.78. The molecule has 1 aliphatic rings. The molecule has 31 heavy (non-hydrogen) atoms. The van der Waals surface area contributed by atoms with Crippen LogP contribution < -0.4 is 5.32 Å². The Morgan fingerprint density at radius 2 is 1.77 bits per heavy atom. The molecule has 0 aliphatic carbocycles. The topological polar surface area (TPSA) is 58.6 Å². The van der Waals surface area contributed by atoms with Gasteiger partial charge in [-0.1, -0.05) is 30.3 Å². The van der Waals surface area contributed by atoms with Gasteiger partial charge in [0.15, 0.2) is 0 Å². The Morgan fingerprint density at radius 3 is 2.48 bits per heavy atom. The maximum atomic E-state index is 14.1. The summed E-state index contributed by atoms with van der Waals surface area (Å²) in [5.41, 5.74) is 1.56. The van der Waals surface area contributed by atoms with Gasteiger partial charge in [-0.15, -0.1) is 11.3 Å². The minimum Gasteiger partial charge on any atom is -0.378 e. The second-order valence-corrected chi connectivity index (χ2v) is 8.13. The smallest absolute Gasteiger partial charge is 0.259 e. The average Bonchev–Trinajstić information content (AvgIpc) is 3.11. The molecule has 0 spiro atoms. The molecular formula is C23H20F2N2O3S. The van der Waals surface area contributed by atoms with Crippen LogP contribution in [0, 0.1) is 18.6 Å². The van der Waals surface area contributed by atoms with E-state index in [1.54, 1.807) is 4.90 Å². The van der Waals surface area contributed by atoms with Crippen LogP contribution in [0.1, 0.15) is 26.3 Å². The van der Waals surface area contributed by atoms with Crippen LogP contribution >= 0.6 is 11.3 Å². The number of nitrogens with one attached hydrogen (secondary N) is 1. The number of halogens is 2. The van der Waals surface area contributed by atoms with Gasteiger partial charge in [0, 0.05) is 18.0 Å². The molecule has 2 amide bonds. The molecule has 8 heteroatoms. The zero-order valence-corrected chi connectivity index (χ0v) is 17.6. The minimum absolute atomic E-state index is 0.228. The van der Waals surface area contributed by atoms with Crippen LogP contribution in [0.25, 0.3) is 10.4 Å².